The highest BCUT2D eigenvalue weighted by atomic mass is 16.5. The molecule has 0 spiro atoms. The summed E-state index contributed by atoms with van der Waals surface area (Å²) in [6.07, 6.45) is 4.09. The number of hydrogen-bond acceptors (Lipinski definition) is 6. The third-order valence-electron chi connectivity index (χ3n) is 6.08. The molecule has 6 heteroatoms. The maximum absolute atomic E-state index is 5.79. The van der Waals surface area contributed by atoms with E-state index in [-0.39, 0.29) is 6.10 Å². The lowest BCUT2D eigenvalue weighted by Crippen LogP contribution is -2.39. The number of rotatable bonds is 6. The van der Waals surface area contributed by atoms with Crippen molar-refractivity contribution in [2.45, 2.75) is 58.7 Å². The number of aromatic nitrogens is 2. The molecule has 3 saturated heterocycles. The molecule has 0 N–H and O–H groups in total. The van der Waals surface area contributed by atoms with Crippen LogP contribution in [0.2, 0.25) is 0 Å². The molecule has 3 aliphatic heterocycles. The Labute approximate surface area is 150 Å². The van der Waals surface area contributed by atoms with Crippen molar-refractivity contribution in [3.63, 3.8) is 0 Å². The molecule has 6 nitrogen and oxygen atoms in total. The van der Waals surface area contributed by atoms with Gasteiger partial charge in [0.1, 0.15) is 6.10 Å². The first-order valence-corrected chi connectivity index (χ1v) is 10.0. The molecule has 4 heterocycles. The fourth-order valence-corrected chi connectivity index (χ4v) is 4.88. The van der Waals surface area contributed by atoms with Gasteiger partial charge in [0, 0.05) is 32.3 Å². The summed E-state index contributed by atoms with van der Waals surface area (Å²) in [7, 11) is 0. The van der Waals surface area contributed by atoms with Crippen LogP contribution < -0.4 is 0 Å². The number of fused-ring (bicyclic) bond motifs is 3. The Kier molecular flexibility index (Phi) is 5.11. The zero-order valence-corrected chi connectivity index (χ0v) is 15.9. The molecule has 0 saturated carbocycles. The van der Waals surface area contributed by atoms with E-state index in [0.29, 0.717) is 11.7 Å². The van der Waals surface area contributed by atoms with E-state index in [9.17, 15) is 0 Å². The van der Waals surface area contributed by atoms with Crippen molar-refractivity contribution in [1.82, 2.24) is 19.9 Å². The van der Waals surface area contributed by atoms with E-state index < -0.39 is 0 Å². The van der Waals surface area contributed by atoms with Gasteiger partial charge in [-0.05, 0) is 44.1 Å². The number of ether oxygens (including phenoxy) is 1. The Morgan fingerprint density at radius 2 is 2.08 bits per heavy atom. The molecular weight excluding hydrogens is 316 g/mol. The van der Waals surface area contributed by atoms with E-state index in [2.05, 4.69) is 33.8 Å². The Morgan fingerprint density at radius 1 is 1.20 bits per heavy atom. The highest BCUT2D eigenvalue weighted by Crippen LogP contribution is 2.40. The van der Waals surface area contributed by atoms with Gasteiger partial charge in [0.05, 0.1) is 6.54 Å². The molecule has 0 aliphatic carbocycles. The Bertz CT molecular complexity index is 576. The van der Waals surface area contributed by atoms with Gasteiger partial charge in [0.15, 0.2) is 5.82 Å². The van der Waals surface area contributed by atoms with Gasteiger partial charge in [-0.3, -0.25) is 9.80 Å². The van der Waals surface area contributed by atoms with Crippen molar-refractivity contribution in [2.24, 2.45) is 17.8 Å². The van der Waals surface area contributed by atoms with Crippen LogP contribution in [-0.4, -0.2) is 58.8 Å². The van der Waals surface area contributed by atoms with Gasteiger partial charge in [0.25, 0.3) is 0 Å². The molecule has 0 amide bonds. The van der Waals surface area contributed by atoms with Crippen LogP contribution >= 0.6 is 0 Å². The van der Waals surface area contributed by atoms with E-state index >= 15 is 0 Å². The first kappa shape index (κ1) is 17.4. The van der Waals surface area contributed by atoms with E-state index in [1.165, 1.54) is 45.4 Å². The highest BCUT2D eigenvalue weighted by molar-refractivity contribution is 5.01. The molecule has 1 aromatic rings. The predicted octanol–water partition coefficient (Wildman–Crippen LogP) is 2.72. The second kappa shape index (κ2) is 7.33. The molecule has 3 fully saturated rings. The van der Waals surface area contributed by atoms with Crippen LogP contribution in [-0.2, 0) is 11.3 Å². The molecule has 4 atom stereocenters. The second-order valence-corrected chi connectivity index (χ2v) is 8.59. The number of nitrogens with zero attached hydrogens (tertiary/aromatic N) is 4. The van der Waals surface area contributed by atoms with Gasteiger partial charge in [-0.15, -0.1) is 0 Å². The van der Waals surface area contributed by atoms with Gasteiger partial charge in [0.2, 0.25) is 5.89 Å². The minimum Gasteiger partial charge on any atom is -0.370 e. The molecule has 0 radical (unpaired) electrons. The number of piperidine rings is 1. The molecule has 0 unspecified atom stereocenters. The summed E-state index contributed by atoms with van der Waals surface area (Å²) < 4.78 is 11.3. The van der Waals surface area contributed by atoms with E-state index in [1.54, 1.807) is 0 Å². The minimum atomic E-state index is -0.103. The van der Waals surface area contributed by atoms with Crippen LogP contribution in [0.25, 0.3) is 0 Å². The normalized spacial score (nSPS) is 31.4. The first-order valence-electron chi connectivity index (χ1n) is 10.0. The smallest absolute Gasteiger partial charge is 0.240 e. The predicted molar refractivity (Wildman–Crippen MR) is 95.0 cm³/mol. The highest BCUT2D eigenvalue weighted by Gasteiger charge is 2.47. The van der Waals surface area contributed by atoms with Crippen molar-refractivity contribution in [3.05, 3.63) is 11.7 Å². The van der Waals surface area contributed by atoms with Gasteiger partial charge < -0.3 is 9.26 Å². The van der Waals surface area contributed by atoms with Crippen LogP contribution in [0.3, 0.4) is 0 Å². The van der Waals surface area contributed by atoms with Crippen LogP contribution in [0.5, 0.6) is 0 Å². The quantitative estimate of drug-likeness (QED) is 0.788. The summed E-state index contributed by atoms with van der Waals surface area (Å²) in [5.74, 6) is 3.59. The Hall–Kier alpha value is -0.980. The average molecular weight is 348 g/mol. The van der Waals surface area contributed by atoms with Crippen molar-refractivity contribution in [1.29, 1.82) is 0 Å². The molecule has 140 valence electrons. The monoisotopic (exact) mass is 348 g/mol. The lowest BCUT2D eigenvalue weighted by molar-refractivity contribution is 0.0402. The van der Waals surface area contributed by atoms with E-state index in [1.807, 2.05) is 6.92 Å². The lowest BCUT2D eigenvalue weighted by atomic mass is 9.90. The molecule has 25 heavy (non-hydrogen) atoms. The summed E-state index contributed by atoms with van der Waals surface area (Å²) in [4.78, 5) is 9.83. The molecule has 0 bridgehead atoms. The third-order valence-corrected chi connectivity index (χ3v) is 6.08. The maximum Gasteiger partial charge on any atom is 0.240 e. The Morgan fingerprint density at radius 3 is 2.92 bits per heavy atom. The molecule has 3 aliphatic rings. The van der Waals surface area contributed by atoms with Crippen LogP contribution in [0, 0.1) is 17.8 Å². The lowest BCUT2D eigenvalue weighted by Gasteiger charge is -2.33. The largest absolute Gasteiger partial charge is 0.370 e. The summed E-state index contributed by atoms with van der Waals surface area (Å²) in [5.41, 5.74) is 0. The number of likely N-dealkylation sites (tertiary alicyclic amines) is 1. The van der Waals surface area contributed by atoms with Gasteiger partial charge in [-0.2, -0.15) is 4.98 Å². The van der Waals surface area contributed by atoms with Crippen molar-refractivity contribution in [2.75, 3.05) is 32.8 Å². The summed E-state index contributed by atoms with van der Waals surface area (Å²) in [6.45, 7) is 12.8. The second-order valence-electron chi connectivity index (χ2n) is 8.59. The van der Waals surface area contributed by atoms with Crippen molar-refractivity contribution < 1.29 is 9.26 Å². The SMILES string of the molecule is CC(C)CO[C@H](C)c1noc(CN2C[C@@H]3CN4CCCC[C@@H]4[C@@H]3C2)n1. The van der Waals surface area contributed by atoms with Crippen molar-refractivity contribution in [3.8, 4) is 0 Å². The molecule has 1 aromatic heterocycles. The summed E-state index contributed by atoms with van der Waals surface area (Å²) in [6, 6.07) is 0.825. The summed E-state index contributed by atoms with van der Waals surface area (Å²) in [5, 5.41) is 4.13. The van der Waals surface area contributed by atoms with Gasteiger partial charge in [-0.1, -0.05) is 25.4 Å². The molecular formula is C19H32N4O2. The van der Waals surface area contributed by atoms with Crippen molar-refractivity contribution >= 4 is 0 Å². The Balaban J connectivity index is 1.31. The molecule has 0 aromatic carbocycles. The first-order chi connectivity index (χ1) is 12.1. The minimum absolute atomic E-state index is 0.103. The fraction of sp³-hybridized carbons (Fsp3) is 0.895. The van der Waals surface area contributed by atoms with Crippen LogP contribution in [0.15, 0.2) is 4.52 Å². The summed E-state index contributed by atoms with van der Waals surface area (Å²) >= 11 is 0. The van der Waals surface area contributed by atoms with Crippen LogP contribution in [0.4, 0.5) is 0 Å². The van der Waals surface area contributed by atoms with Crippen LogP contribution in [0.1, 0.15) is 57.9 Å². The zero-order valence-electron chi connectivity index (χ0n) is 15.9. The van der Waals surface area contributed by atoms with E-state index in [4.69, 9.17) is 9.26 Å². The fourth-order valence-electron chi connectivity index (χ4n) is 4.88. The molecule has 4 rings (SSSR count). The van der Waals surface area contributed by atoms with E-state index in [0.717, 1.165) is 36.9 Å². The average Bonchev–Trinajstić information content (AvgIpc) is 3.27. The standard InChI is InChI=1S/C19H32N4O2/c1-13(2)12-24-14(3)19-20-18(25-21-19)11-22-8-15-9-23-7-5-4-6-17(23)16(15)10-22/h13-17H,4-12H2,1-3H3/t14-,15-,16-,17-/m1/s1. The number of hydrogen-bond donors (Lipinski definition) is 0. The van der Waals surface area contributed by atoms with Gasteiger partial charge >= 0.3 is 0 Å². The maximum atomic E-state index is 5.79. The topological polar surface area (TPSA) is 54.6 Å². The zero-order chi connectivity index (χ0) is 17.4. The van der Waals surface area contributed by atoms with Gasteiger partial charge in [-0.25, -0.2) is 0 Å². The third kappa shape index (κ3) is 3.76.